The molecule has 0 N–H and O–H groups in total. The van der Waals surface area contributed by atoms with Crippen LogP contribution in [0.25, 0.3) is 10.9 Å². The molecule has 2 heteroatoms. The highest BCUT2D eigenvalue weighted by atomic mass is 16.1. The molecule has 0 aliphatic carbocycles. The summed E-state index contributed by atoms with van der Waals surface area (Å²) in [5, 5.41) is 1.02. The molecule has 3 aromatic rings. The van der Waals surface area contributed by atoms with Crippen LogP contribution in [0.3, 0.4) is 0 Å². The van der Waals surface area contributed by atoms with Crippen LogP contribution < -0.4 is 0 Å². The van der Waals surface area contributed by atoms with Gasteiger partial charge in [-0.25, -0.2) is 0 Å². The molecule has 0 bridgehead atoms. The molecule has 2 nitrogen and oxygen atoms in total. The predicted octanol–water partition coefficient (Wildman–Crippen LogP) is 4.33. The molecule has 0 amide bonds. The number of hydrogen-bond donors (Lipinski definition) is 0. The number of aromatic nitrogens is 1. The van der Waals surface area contributed by atoms with Crippen molar-refractivity contribution in [2.24, 2.45) is 7.05 Å². The second kappa shape index (κ2) is 4.88. The van der Waals surface area contributed by atoms with Crippen LogP contribution in [0, 0.1) is 20.8 Å². The standard InChI is InChI=1S/C19H19NO/c1-12-5-7-14(3)16(9-12)19(21)17-11-20(4)18-10-13(2)6-8-15(17)18/h5-11H,1-4H3. The SMILES string of the molecule is Cc1ccc(C)c(C(=O)c2cn(C)c3cc(C)ccc23)c1. The molecule has 3 rings (SSSR count). The van der Waals surface area contributed by atoms with Gasteiger partial charge in [0.25, 0.3) is 0 Å². The Labute approximate surface area is 125 Å². The Hall–Kier alpha value is -2.35. The Kier molecular flexibility index (Phi) is 3.17. The van der Waals surface area contributed by atoms with Crippen LogP contribution in [0.15, 0.2) is 42.6 Å². The molecule has 106 valence electrons. The molecular weight excluding hydrogens is 258 g/mol. The highest BCUT2D eigenvalue weighted by Crippen LogP contribution is 2.25. The molecule has 0 aliphatic heterocycles. The number of carbonyl (C=O) groups excluding carboxylic acids is 1. The van der Waals surface area contributed by atoms with Crippen LogP contribution >= 0.6 is 0 Å². The lowest BCUT2D eigenvalue weighted by molar-refractivity contribution is 0.103. The fourth-order valence-corrected chi connectivity index (χ4v) is 2.80. The van der Waals surface area contributed by atoms with Crippen molar-refractivity contribution in [2.75, 3.05) is 0 Å². The van der Waals surface area contributed by atoms with Gasteiger partial charge in [0, 0.05) is 35.3 Å². The fourth-order valence-electron chi connectivity index (χ4n) is 2.80. The smallest absolute Gasteiger partial charge is 0.195 e. The van der Waals surface area contributed by atoms with E-state index < -0.39 is 0 Å². The molecule has 1 aromatic heterocycles. The van der Waals surface area contributed by atoms with Crippen LogP contribution in [-0.2, 0) is 7.05 Å². The Morgan fingerprint density at radius 3 is 2.33 bits per heavy atom. The zero-order chi connectivity index (χ0) is 15.1. The number of hydrogen-bond acceptors (Lipinski definition) is 1. The van der Waals surface area contributed by atoms with E-state index in [-0.39, 0.29) is 5.78 Å². The fraction of sp³-hybridized carbons (Fsp3) is 0.211. The Morgan fingerprint density at radius 1 is 0.905 bits per heavy atom. The van der Waals surface area contributed by atoms with E-state index in [2.05, 4.69) is 19.1 Å². The largest absolute Gasteiger partial charge is 0.350 e. The predicted molar refractivity (Wildman–Crippen MR) is 87.0 cm³/mol. The van der Waals surface area contributed by atoms with Crippen LogP contribution in [0.2, 0.25) is 0 Å². The molecule has 0 radical (unpaired) electrons. The van der Waals surface area contributed by atoms with Crippen molar-refractivity contribution >= 4 is 16.7 Å². The number of fused-ring (bicyclic) bond motifs is 1. The van der Waals surface area contributed by atoms with E-state index in [4.69, 9.17) is 0 Å². The van der Waals surface area contributed by atoms with Crippen molar-refractivity contribution in [3.63, 3.8) is 0 Å². The summed E-state index contributed by atoms with van der Waals surface area (Å²) in [5.41, 5.74) is 6.01. The minimum absolute atomic E-state index is 0.102. The van der Waals surface area contributed by atoms with Crippen LogP contribution in [0.1, 0.15) is 32.6 Å². The van der Waals surface area contributed by atoms with Crippen molar-refractivity contribution in [3.05, 3.63) is 70.4 Å². The quantitative estimate of drug-likeness (QED) is 0.639. The molecule has 2 aromatic carbocycles. The normalized spacial score (nSPS) is 11.0. The second-order valence-electron chi connectivity index (χ2n) is 5.82. The number of nitrogens with zero attached hydrogens (tertiary/aromatic N) is 1. The van der Waals surface area contributed by atoms with Crippen molar-refractivity contribution in [2.45, 2.75) is 20.8 Å². The minimum Gasteiger partial charge on any atom is -0.350 e. The maximum atomic E-state index is 12.9. The van der Waals surface area contributed by atoms with Crippen molar-refractivity contribution in [1.29, 1.82) is 0 Å². The van der Waals surface area contributed by atoms with Gasteiger partial charge < -0.3 is 4.57 Å². The zero-order valence-electron chi connectivity index (χ0n) is 12.9. The van der Waals surface area contributed by atoms with Gasteiger partial charge in [0.2, 0.25) is 0 Å². The number of ketones is 1. The first kappa shape index (κ1) is 13.6. The number of benzene rings is 2. The third-order valence-electron chi connectivity index (χ3n) is 4.03. The molecule has 0 spiro atoms. The first-order chi connectivity index (χ1) is 9.97. The Morgan fingerprint density at radius 2 is 1.57 bits per heavy atom. The second-order valence-corrected chi connectivity index (χ2v) is 5.82. The van der Waals surface area contributed by atoms with Crippen LogP contribution in [0.5, 0.6) is 0 Å². The molecule has 0 aliphatic rings. The Bertz CT molecular complexity index is 855. The van der Waals surface area contributed by atoms with E-state index in [0.717, 1.165) is 33.2 Å². The monoisotopic (exact) mass is 277 g/mol. The summed E-state index contributed by atoms with van der Waals surface area (Å²) >= 11 is 0. The highest BCUT2D eigenvalue weighted by molar-refractivity contribution is 6.17. The first-order valence-corrected chi connectivity index (χ1v) is 7.15. The third kappa shape index (κ3) is 2.27. The van der Waals surface area contributed by atoms with E-state index in [1.165, 1.54) is 5.56 Å². The van der Waals surface area contributed by atoms with E-state index in [9.17, 15) is 4.79 Å². The third-order valence-corrected chi connectivity index (χ3v) is 4.03. The molecule has 0 fully saturated rings. The summed E-state index contributed by atoms with van der Waals surface area (Å²) in [6.45, 7) is 6.07. The minimum atomic E-state index is 0.102. The van der Waals surface area contributed by atoms with Gasteiger partial charge in [0.1, 0.15) is 0 Å². The molecule has 0 unspecified atom stereocenters. The Balaban J connectivity index is 2.21. The molecule has 21 heavy (non-hydrogen) atoms. The lowest BCUT2D eigenvalue weighted by atomic mass is 9.97. The van der Waals surface area contributed by atoms with Crippen molar-refractivity contribution in [3.8, 4) is 0 Å². The van der Waals surface area contributed by atoms with Gasteiger partial charge in [-0.2, -0.15) is 0 Å². The molecular formula is C19H19NO. The summed E-state index contributed by atoms with van der Waals surface area (Å²) in [7, 11) is 1.99. The zero-order valence-corrected chi connectivity index (χ0v) is 12.9. The van der Waals surface area contributed by atoms with Gasteiger partial charge in [-0.1, -0.05) is 29.8 Å². The summed E-state index contributed by atoms with van der Waals surface area (Å²) in [4.78, 5) is 12.9. The summed E-state index contributed by atoms with van der Waals surface area (Å²) in [5.74, 6) is 0.102. The van der Waals surface area contributed by atoms with E-state index >= 15 is 0 Å². The van der Waals surface area contributed by atoms with Gasteiger partial charge in [-0.15, -0.1) is 0 Å². The topological polar surface area (TPSA) is 22.0 Å². The number of carbonyl (C=O) groups is 1. The van der Waals surface area contributed by atoms with E-state index in [1.807, 2.05) is 55.9 Å². The van der Waals surface area contributed by atoms with E-state index in [0.29, 0.717) is 0 Å². The van der Waals surface area contributed by atoms with Gasteiger partial charge in [-0.3, -0.25) is 4.79 Å². The summed E-state index contributed by atoms with van der Waals surface area (Å²) < 4.78 is 2.03. The average Bonchev–Trinajstić information content (AvgIpc) is 2.78. The first-order valence-electron chi connectivity index (χ1n) is 7.15. The summed E-state index contributed by atoms with van der Waals surface area (Å²) in [6, 6.07) is 12.3. The lowest BCUT2D eigenvalue weighted by Gasteiger charge is -2.05. The van der Waals surface area contributed by atoms with Gasteiger partial charge in [0.05, 0.1) is 0 Å². The van der Waals surface area contributed by atoms with E-state index in [1.54, 1.807) is 0 Å². The molecule has 0 saturated carbocycles. The van der Waals surface area contributed by atoms with Gasteiger partial charge in [0.15, 0.2) is 5.78 Å². The average molecular weight is 277 g/mol. The lowest BCUT2D eigenvalue weighted by Crippen LogP contribution is -2.03. The van der Waals surface area contributed by atoms with Crippen molar-refractivity contribution < 1.29 is 4.79 Å². The number of aryl methyl sites for hydroxylation is 4. The van der Waals surface area contributed by atoms with Crippen molar-refractivity contribution in [1.82, 2.24) is 4.57 Å². The maximum absolute atomic E-state index is 12.9. The molecule has 0 atom stereocenters. The van der Waals surface area contributed by atoms with Gasteiger partial charge in [-0.05, 0) is 44.0 Å². The van der Waals surface area contributed by atoms with Crippen LogP contribution in [0.4, 0.5) is 0 Å². The molecule has 1 heterocycles. The summed E-state index contributed by atoms with van der Waals surface area (Å²) in [6.07, 6.45) is 1.94. The maximum Gasteiger partial charge on any atom is 0.195 e. The molecule has 0 saturated heterocycles. The highest BCUT2D eigenvalue weighted by Gasteiger charge is 2.17. The van der Waals surface area contributed by atoms with Crippen LogP contribution in [-0.4, -0.2) is 10.4 Å². The van der Waals surface area contributed by atoms with Gasteiger partial charge >= 0.3 is 0 Å². The number of rotatable bonds is 2.